The van der Waals surface area contributed by atoms with Gasteiger partial charge in [0.2, 0.25) is 0 Å². The molecule has 0 saturated carbocycles. The highest BCUT2D eigenvalue weighted by molar-refractivity contribution is 6.05. The highest BCUT2D eigenvalue weighted by Crippen LogP contribution is 2.21. The number of nitrogens with one attached hydrogen (secondary N) is 1. The second-order valence-corrected chi connectivity index (χ2v) is 4.12. The molecule has 0 unspecified atom stereocenters. The number of benzene rings is 2. The summed E-state index contributed by atoms with van der Waals surface area (Å²) < 4.78 is 13.5. The molecule has 0 aliphatic rings. The molecule has 0 fully saturated rings. The van der Waals surface area contributed by atoms with Gasteiger partial charge in [-0.15, -0.1) is 0 Å². The molecule has 2 aromatic carbocycles. The first kappa shape index (κ1) is 12.9. The summed E-state index contributed by atoms with van der Waals surface area (Å²) in [6, 6.07) is 7.76. The predicted molar refractivity (Wildman–Crippen MR) is 68.9 cm³/mol. The Morgan fingerprint density at radius 1 is 1.11 bits per heavy atom. The maximum atomic E-state index is 13.5. The van der Waals surface area contributed by atoms with Crippen molar-refractivity contribution in [3.63, 3.8) is 0 Å². The standard InChI is InChI=1S/C14H12FNO3/c1-8-6-9(17)2-4-11(8)14(19)16-13-5-3-10(18)7-12(13)15/h2-7,17-18H,1H3,(H,16,19). The maximum Gasteiger partial charge on any atom is 0.256 e. The van der Waals surface area contributed by atoms with Crippen LogP contribution in [0.15, 0.2) is 36.4 Å². The Kier molecular flexibility index (Phi) is 3.37. The van der Waals surface area contributed by atoms with Gasteiger partial charge in [-0.25, -0.2) is 4.39 Å². The van der Waals surface area contributed by atoms with E-state index >= 15 is 0 Å². The van der Waals surface area contributed by atoms with Crippen molar-refractivity contribution >= 4 is 11.6 Å². The number of anilines is 1. The number of amides is 1. The summed E-state index contributed by atoms with van der Waals surface area (Å²) >= 11 is 0. The van der Waals surface area contributed by atoms with Crippen molar-refractivity contribution < 1.29 is 19.4 Å². The monoisotopic (exact) mass is 261 g/mol. The van der Waals surface area contributed by atoms with Crippen LogP contribution in [0.5, 0.6) is 11.5 Å². The average molecular weight is 261 g/mol. The minimum Gasteiger partial charge on any atom is -0.508 e. The van der Waals surface area contributed by atoms with Crippen LogP contribution in [-0.4, -0.2) is 16.1 Å². The molecule has 19 heavy (non-hydrogen) atoms. The smallest absolute Gasteiger partial charge is 0.256 e. The first-order valence-corrected chi connectivity index (χ1v) is 5.57. The number of aromatic hydroxyl groups is 2. The number of rotatable bonds is 2. The van der Waals surface area contributed by atoms with E-state index in [4.69, 9.17) is 5.11 Å². The summed E-state index contributed by atoms with van der Waals surface area (Å²) in [6.07, 6.45) is 0. The van der Waals surface area contributed by atoms with E-state index < -0.39 is 11.7 Å². The van der Waals surface area contributed by atoms with E-state index in [1.54, 1.807) is 6.92 Å². The summed E-state index contributed by atoms with van der Waals surface area (Å²) in [5, 5.41) is 20.8. The molecular weight excluding hydrogens is 249 g/mol. The lowest BCUT2D eigenvalue weighted by molar-refractivity contribution is 0.102. The quantitative estimate of drug-likeness (QED) is 0.728. The highest BCUT2D eigenvalue weighted by atomic mass is 19.1. The molecule has 4 nitrogen and oxygen atoms in total. The van der Waals surface area contributed by atoms with Gasteiger partial charge in [0.05, 0.1) is 5.69 Å². The molecule has 0 atom stereocenters. The van der Waals surface area contributed by atoms with E-state index in [-0.39, 0.29) is 17.2 Å². The van der Waals surface area contributed by atoms with E-state index in [0.717, 1.165) is 6.07 Å². The Morgan fingerprint density at radius 3 is 2.37 bits per heavy atom. The molecule has 0 aliphatic carbocycles. The van der Waals surface area contributed by atoms with Crippen molar-refractivity contribution in [1.82, 2.24) is 0 Å². The van der Waals surface area contributed by atoms with E-state index in [1.807, 2.05) is 0 Å². The van der Waals surface area contributed by atoms with Crippen LogP contribution in [0.3, 0.4) is 0 Å². The number of hydrogen-bond acceptors (Lipinski definition) is 3. The largest absolute Gasteiger partial charge is 0.508 e. The van der Waals surface area contributed by atoms with Crippen LogP contribution in [0.25, 0.3) is 0 Å². The van der Waals surface area contributed by atoms with Crippen molar-refractivity contribution in [2.45, 2.75) is 6.92 Å². The Balaban J connectivity index is 2.25. The van der Waals surface area contributed by atoms with Gasteiger partial charge in [-0.3, -0.25) is 4.79 Å². The van der Waals surface area contributed by atoms with Gasteiger partial charge in [-0.2, -0.15) is 0 Å². The number of carbonyl (C=O) groups excluding carboxylic acids is 1. The number of phenolic OH excluding ortho intramolecular Hbond substituents is 2. The number of hydrogen-bond donors (Lipinski definition) is 3. The zero-order valence-corrected chi connectivity index (χ0v) is 10.1. The lowest BCUT2D eigenvalue weighted by atomic mass is 10.1. The third-order valence-electron chi connectivity index (χ3n) is 2.66. The number of aryl methyl sites for hydroxylation is 1. The normalized spacial score (nSPS) is 10.2. The molecule has 2 aromatic rings. The predicted octanol–water partition coefficient (Wildman–Crippen LogP) is 2.80. The molecule has 3 N–H and O–H groups in total. The highest BCUT2D eigenvalue weighted by Gasteiger charge is 2.12. The van der Waals surface area contributed by atoms with E-state index in [2.05, 4.69) is 5.32 Å². The molecule has 2 rings (SSSR count). The minimum atomic E-state index is -0.718. The van der Waals surface area contributed by atoms with Gasteiger partial charge in [-0.1, -0.05) is 0 Å². The molecule has 0 radical (unpaired) electrons. The molecule has 0 saturated heterocycles. The van der Waals surface area contributed by atoms with Crippen molar-refractivity contribution in [3.8, 4) is 11.5 Å². The zero-order chi connectivity index (χ0) is 14.0. The van der Waals surface area contributed by atoms with Crippen molar-refractivity contribution in [2.24, 2.45) is 0 Å². The maximum absolute atomic E-state index is 13.5. The summed E-state index contributed by atoms with van der Waals surface area (Å²) in [5.41, 5.74) is 0.900. The lowest BCUT2D eigenvalue weighted by Gasteiger charge is -2.09. The first-order valence-electron chi connectivity index (χ1n) is 5.57. The summed E-state index contributed by atoms with van der Waals surface area (Å²) in [4.78, 5) is 12.0. The molecule has 0 aromatic heterocycles. The number of phenols is 2. The van der Waals surface area contributed by atoms with Crippen LogP contribution in [0.4, 0.5) is 10.1 Å². The fourth-order valence-corrected chi connectivity index (χ4v) is 1.70. The van der Waals surface area contributed by atoms with Crippen LogP contribution >= 0.6 is 0 Å². The molecule has 0 spiro atoms. The Bertz CT molecular complexity index is 641. The number of carbonyl (C=O) groups is 1. The van der Waals surface area contributed by atoms with Gasteiger partial charge in [0.15, 0.2) is 0 Å². The van der Waals surface area contributed by atoms with Gasteiger partial charge in [0, 0.05) is 11.6 Å². The fraction of sp³-hybridized carbons (Fsp3) is 0.0714. The van der Waals surface area contributed by atoms with Crippen LogP contribution in [0.2, 0.25) is 0 Å². The van der Waals surface area contributed by atoms with Crippen molar-refractivity contribution in [2.75, 3.05) is 5.32 Å². The molecule has 5 heteroatoms. The summed E-state index contributed by atoms with van der Waals surface area (Å²) in [6.45, 7) is 1.67. The van der Waals surface area contributed by atoms with E-state index in [1.165, 1.54) is 30.3 Å². The van der Waals surface area contributed by atoms with Gasteiger partial charge < -0.3 is 15.5 Å². The molecular formula is C14H12FNO3. The van der Waals surface area contributed by atoms with Crippen LogP contribution < -0.4 is 5.32 Å². The molecule has 98 valence electrons. The van der Waals surface area contributed by atoms with Crippen LogP contribution in [0.1, 0.15) is 15.9 Å². The zero-order valence-electron chi connectivity index (χ0n) is 10.1. The first-order chi connectivity index (χ1) is 8.97. The van der Waals surface area contributed by atoms with Gasteiger partial charge in [0.1, 0.15) is 17.3 Å². The van der Waals surface area contributed by atoms with Gasteiger partial charge in [-0.05, 0) is 42.8 Å². The summed E-state index contributed by atoms with van der Waals surface area (Å²) in [5.74, 6) is -1.35. The SMILES string of the molecule is Cc1cc(O)ccc1C(=O)Nc1ccc(O)cc1F. The molecule has 0 aliphatic heterocycles. The second-order valence-electron chi connectivity index (χ2n) is 4.12. The Hall–Kier alpha value is -2.56. The van der Waals surface area contributed by atoms with E-state index in [0.29, 0.717) is 11.1 Å². The summed E-state index contributed by atoms with van der Waals surface area (Å²) in [7, 11) is 0. The molecule has 1 amide bonds. The number of halogens is 1. The van der Waals surface area contributed by atoms with Crippen molar-refractivity contribution in [1.29, 1.82) is 0 Å². The topological polar surface area (TPSA) is 69.6 Å². The fourth-order valence-electron chi connectivity index (χ4n) is 1.70. The Labute approximate surface area is 109 Å². The van der Waals surface area contributed by atoms with Gasteiger partial charge in [0.25, 0.3) is 5.91 Å². The third-order valence-corrected chi connectivity index (χ3v) is 2.66. The Morgan fingerprint density at radius 2 is 1.74 bits per heavy atom. The molecule has 0 heterocycles. The third kappa shape index (κ3) is 2.82. The molecule has 0 bridgehead atoms. The van der Waals surface area contributed by atoms with E-state index in [9.17, 15) is 14.3 Å². The van der Waals surface area contributed by atoms with Crippen molar-refractivity contribution in [3.05, 3.63) is 53.3 Å². The van der Waals surface area contributed by atoms with Crippen LogP contribution in [0, 0.1) is 12.7 Å². The lowest BCUT2D eigenvalue weighted by Crippen LogP contribution is -2.14. The minimum absolute atomic E-state index is 0.0183. The van der Waals surface area contributed by atoms with Gasteiger partial charge >= 0.3 is 0 Å². The van der Waals surface area contributed by atoms with Crippen LogP contribution in [-0.2, 0) is 0 Å². The average Bonchev–Trinajstić information content (AvgIpc) is 2.32. The second kappa shape index (κ2) is 4.97.